The van der Waals surface area contributed by atoms with Crippen LogP contribution in [0.3, 0.4) is 0 Å². The van der Waals surface area contributed by atoms with E-state index in [0.717, 1.165) is 24.5 Å². The van der Waals surface area contributed by atoms with Crippen molar-refractivity contribution >= 4 is 0 Å². The van der Waals surface area contributed by atoms with Gasteiger partial charge in [0.25, 0.3) is 0 Å². The lowest BCUT2D eigenvalue weighted by Gasteiger charge is -2.51. The molecular formula is C14H27N3. The highest BCUT2D eigenvalue weighted by Gasteiger charge is 2.39. The molecule has 3 aliphatic heterocycles. The van der Waals surface area contributed by atoms with Crippen molar-refractivity contribution < 1.29 is 0 Å². The molecule has 3 heterocycles. The van der Waals surface area contributed by atoms with E-state index >= 15 is 0 Å². The molecule has 1 aliphatic carbocycles. The van der Waals surface area contributed by atoms with Crippen molar-refractivity contribution in [1.29, 1.82) is 0 Å². The first-order valence-corrected chi connectivity index (χ1v) is 7.58. The SMILES string of the molecule is CCNC(C1CCCC1)C1CN2CCN1CC2. The van der Waals surface area contributed by atoms with E-state index in [1.165, 1.54) is 58.4 Å². The minimum atomic E-state index is 0.755. The van der Waals surface area contributed by atoms with Gasteiger partial charge in [-0.3, -0.25) is 9.80 Å². The molecule has 0 spiro atoms. The minimum absolute atomic E-state index is 0.755. The maximum atomic E-state index is 3.81. The van der Waals surface area contributed by atoms with Crippen LogP contribution >= 0.6 is 0 Å². The van der Waals surface area contributed by atoms with Crippen LogP contribution in [-0.2, 0) is 0 Å². The Hall–Kier alpha value is -0.120. The largest absolute Gasteiger partial charge is 0.312 e. The third-order valence-corrected chi connectivity index (χ3v) is 5.08. The lowest BCUT2D eigenvalue weighted by atomic mass is 9.88. The van der Waals surface area contributed by atoms with Crippen LogP contribution in [0.4, 0.5) is 0 Å². The maximum absolute atomic E-state index is 3.81. The van der Waals surface area contributed by atoms with Crippen LogP contribution in [0.25, 0.3) is 0 Å². The molecule has 4 aliphatic rings. The molecule has 4 fully saturated rings. The predicted molar refractivity (Wildman–Crippen MR) is 71.2 cm³/mol. The van der Waals surface area contributed by atoms with Crippen molar-refractivity contribution in [1.82, 2.24) is 15.1 Å². The van der Waals surface area contributed by atoms with Gasteiger partial charge in [-0.15, -0.1) is 0 Å². The number of piperazine rings is 3. The van der Waals surface area contributed by atoms with Crippen molar-refractivity contribution in [3.05, 3.63) is 0 Å². The third kappa shape index (κ3) is 2.38. The average Bonchev–Trinajstić information content (AvgIpc) is 2.91. The summed E-state index contributed by atoms with van der Waals surface area (Å²) in [6, 6.07) is 1.55. The Morgan fingerprint density at radius 3 is 2.35 bits per heavy atom. The Morgan fingerprint density at radius 1 is 1.12 bits per heavy atom. The Morgan fingerprint density at radius 2 is 1.82 bits per heavy atom. The molecule has 3 nitrogen and oxygen atoms in total. The highest BCUT2D eigenvalue weighted by atomic mass is 15.4. The van der Waals surface area contributed by atoms with E-state index < -0.39 is 0 Å². The van der Waals surface area contributed by atoms with Crippen LogP contribution < -0.4 is 5.32 Å². The topological polar surface area (TPSA) is 18.5 Å². The number of likely N-dealkylation sites (N-methyl/N-ethyl adjacent to an activating group) is 1. The maximum Gasteiger partial charge on any atom is 0.0380 e. The summed E-state index contributed by atoms with van der Waals surface area (Å²) in [5.74, 6) is 0.945. The summed E-state index contributed by atoms with van der Waals surface area (Å²) in [6.07, 6.45) is 5.84. The number of nitrogens with zero attached hydrogens (tertiary/aromatic N) is 2. The Bertz CT molecular complexity index is 242. The van der Waals surface area contributed by atoms with Gasteiger partial charge in [0.2, 0.25) is 0 Å². The molecule has 3 heteroatoms. The molecule has 0 radical (unpaired) electrons. The molecule has 1 N–H and O–H groups in total. The van der Waals surface area contributed by atoms with Crippen molar-refractivity contribution in [2.75, 3.05) is 39.3 Å². The normalized spacial score (nSPS) is 39.7. The first-order valence-electron chi connectivity index (χ1n) is 7.58. The molecule has 0 aromatic carbocycles. The van der Waals surface area contributed by atoms with E-state index in [1.807, 2.05) is 0 Å². The molecule has 4 rings (SSSR count). The van der Waals surface area contributed by atoms with Gasteiger partial charge in [0.1, 0.15) is 0 Å². The Kier molecular flexibility index (Phi) is 3.69. The van der Waals surface area contributed by atoms with Gasteiger partial charge in [0, 0.05) is 44.8 Å². The highest BCUT2D eigenvalue weighted by Crippen LogP contribution is 2.32. The van der Waals surface area contributed by atoms with Crippen LogP contribution in [0, 0.1) is 5.92 Å². The Balaban J connectivity index is 1.69. The average molecular weight is 237 g/mol. The lowest BCUT2D eigenvalue weighted by molar-refractivity contribution is -0.0125. The van der Waals surface area contributed by atoms with Gasteiger partial charge in [-0.05, 0) is 25.3 Å². The van der Waals surface area contributed by atoms with Crippen LogP contribution in [0.2, 0.25) is 0 Å². The fraction of sp³-hybridized carbons (Fsp3) is 1.00. The number of nitrogens with one attached hydrogen (secondary N) is 1. The molecule has 3 saturated heterocycles. The molecule has 2 bridgehead atoms. The van der Waals surface area contributed by atoms with Gasteiger partial charge in [-0.2, -0.15) is 0 Å². The molecule has 0 aromatic heterocycles. The molecule has 2 unspecified atom stereocenters. The van der Waals surface area contributed by atoms with Crippen LogP contribution in [0.5, 0.6) is 0 Å². The van der Waals surface area contributed by atoms with Gasteiger partial charge >= 0.3 is 0 Å². The standard InChI is InChI=1S/C14H27N3/c1-2-15-14(12-5-3-4-6-12)13-11-16-7-9-17(13)10-8-16/h12-15H,2-11H2,1H3. The zero-order valence-electron chi connectivity index (χ0n) is 11.2. The summed E-state index contributed by atoms with van der Waals surface area (Å²) < 4.78 is 0. The van der Waals surface area contributed by atoms with E-state index in [1.54, 1.807) is 0 Å². The third-order valence-electron chi connectivity index (χ3n) is 5.08. The second-order valence-electron chi connectivity index (χ2n) is 6.03. The first-order chi connectivity index (χ1) is 8.38. The number of fused-ring (bicyclic) bond motifs is 3. The number of hydrogen-bond donors (Lipinski definition) is 1. The lowest BCUT2D eigenvalue weighted by Crippen LogP contribution is -2.67. The summed E-state index contributed by atoms with van der Waals surface area (Å²) in [6.45, 7) is 9.93. The monoisotopic (exact) mass is 237 g/mol. The molecule has 98 valence electrons. The van der Waals surface area contributed by atoms with E-state index in [-0.39, 0.29) is 0 Å². The highest BCUT2D eigenvalue weighted by molar-refractivity contribution is 4.98. The summed E-state index contributed by atoms with van der Waals surface area (Å²) in [5.41, 5.74) is 0. The predicted octanol–water partition coefficient (Wildman–Crippen LogP) is 1.15. The van der Waals surface area contributed by atoms with Crippen LogP contribution in [-0.4, -0.2) is 61.2 Å². The second kappa shape index (κ2) is 5.25. The summed E-state index contributed by atoms with van der Waals surface area (Å²) >= 11 is 0. The first kappa shape index (κ1) is 11.9. The fourth-order valence-corrected chi connectivity index (χ4v) is 4.17. The van der Waals surface area contributed by atoms with Crippen molar-refractivity contribution in [2.45, 2.75) is 44.7 Å². The van der Waals surface area contributed by atoms with Crippen molar-refractivity contribution in [3.63, 3.8) is 0 Å². The Labute approximate surface area is 106 Å². The number of hydrogen-bond acceptors (Lipinski definition) is 3. The molecular weight excluding hydrogens is 210 g/mol. The van der Waals surface area contributed by atoms with Crippen molar-refractivity contribution in [2.24, 2.45) is 5.92 Å². The van der Waals surface area contributed by atoms with Crippen LogP contribution in [0.15, 0.2) is 0 Å². The van der Waals surface area contributed by atoms with E-state index in [2.05, 4.69) is 22.0 Å². The van der Waals surface area contributed by atoms with E-state index in [9.17, 15) is 0 Å². The van der Waals surface area contributed by atoms with Gasteiger partial charge < -0.3 is 5.32 Å². The van der Waals surface area contributed by atoms with Gasteiger partial charge in [0.05, 0.1) is 0 Å². The van der Waals surface area contributed by atoms with Gasteiger partial charge in [0.15, 0.2) is 0 Å². The molecule has 0 aromatic rings. The molecule has 0 amide bonds. The van der Waals surface area contributed by atoms with Crippen molar-refractivity contribution in [3.8, 4) is 0 Å². The summed E-state index contributed by atoms with van der Waals surface area (Å²) in [7, 11) is 0. The smallest absolute Gasteiger partial charge is 0.0380 e. The molecule has 1 saturated carbocycles. The minimum Gasteiger partial charge on any atom is -0.312 e. The van der Waals surface area contributed by atoms with Gasteiger partial charge in [-0.25, -0.2) is 0 Å². The summed E-state index contributed by atoms with van der Waals surface area (Å²) in [4.78, 5) is 5.43. The molecule has 17 heavy (non-hydrogen) atoms. The summed E-state index contributed by atoms with van der Waals surface area (Å²) in [5, 5.41) is 3.81. The quantitative estimate of drug-likeness (QED) is 0.791. The van der Waals surface area contributed by atoms with E-state index in [4.69, 9.17) is 0 Å². The second-order valence-corrected chi connectivity index (χ2v) is 6.03. The molecule has 2 atom stereocenters. The number of rotatable bonds is 4. The zero-order chi connectivity index (χ0) is 11.7. The zero-order valence-corrected chi connectivity index (χ0v) is 11.2. The fourth-order valence-electron chi connectivity index (χ4n) is 4.17. The van der Waals surface area contributed by atoms with Crippen LogP contribution in [0.1, 0.15) is 32.6 Å². The van der Waals surface area contributed by atoms with Gasteiger partial charge in [-0.1, -0.05) is 19.8 Å². The van der Waals surface area contributed by atoms with E-state index in [0.29, 0.717) is 0 Å².